The van der Waals surface area contributed by atoms with Gasteiger partial charge in [-0.15, -0.1) is 0 Å². The maximum Gasteiger partial charge on any atom is 0.494 e. The van der Waals surface area contributed by atoms with Crippen LogP contribution in [-0.4, -0.2) is 7.12 Å². The molecule has 0 N–H and O–H groups in total. The molecule has 0 saturated carbocycles. The van der Waals surface area contributed by atoms with Crippen molar-refractivity contribution in [3.63, 3.8) is 0 Å². The highest BCUT2D eigenvalue weighted by Gasteiger charge is 2.42. The Morgan fingerprint density at radius 1 is 0.680 bits per heavy atom. The Hall–Kier alpha value is -2.36. The number of hydrogen-bond donors (Lipinski definition) is 0. The third kappa shape index (κ3) is 3.39. The molecule has 1 heterocycles. The highest BCUT2D eigenvalue weighted by atomic mass is 16.7. The third-order valence-corrected chi connectivity index (χ3v) is 4.73. The molecule has 0 aromatic heterocycles. The van der Waals surface area contributed by atoms with Crippen molar-refractivity contribution in [3.05, 3.63) is 102 Å². The fourth-order valence-corrected chi connectivity index (χ4v) is 3.30. The molecule has 1 fully saturated rings. The monoisotopic (exact) mass is 328 g/mol. The van der Waals surface area contributed by atoms with Gasteiger partial charge in [0.05, 0.1) is 12.2 Å². The highest BCUT2D eigenvalue weighted by Crippen LogP contribution is 2.41. The van der Waals surface area contributed by atoms with E-state index in [2.05, 4.69) is 55.5 Å². The zero-order chi connectivity index (χ0) is 17.1. The van der Waals surface area contributed by atoms with Gasteiger partial charge in [0.1, 0.15) is 0 Å². The summed E-state index contributed by atoms with van der Waals surface area (Å²) >= 11 is 0. The van der Waals surface area contributed by atoms with E-state index in [1.807, 2.05) is 36.4 Å². The molecule has 3 aromatic rings. The summed E-state index contributed by atoms with van der Waals surface area (Å²) in [4.78, 5) is 0. The van der Waals surface area contributed by atoms with Crippen LogP contribution in [0.4, 0.5) is 0 Å². The molecular formula is C22H21BO2. The molecule has 124 valence electrons. The Labute approximate surface area is 149 Å². The van der Waals surface area contributed by atoms with E-state index in [0.717, 1.165) is 23.0 Å². The summed E-state index contributed by atoms with van der Waals surface area (Å²) in [5, 5.41) is 0. The van der Waals surface area contributed by atoms with Gasteiger partial charge in [0.15, 0.2) is 0 Å². The average Bonchev–Trinajstić information content (AvgIpc) is 3.15. The van der Waals surface area contributed by atoms with Crippen molar-refractivity contribution in [2.24, 2.45) is 0 Å². The van der Waals surface area contributed by atoms with Gasteiger partial charge < -0.3 is 9.31 Å². The SMILES string of the molecule is CCc1ccc(B2OC(c3ccccc3)C(c3ccccc3)O2)cc1. The van der Waals surface area contributed by atoms with Crippen molar-refractivity contribution in [2.45, 2.75) is 25.6 Å². The minimum Gasteiger partial charge on any atom is -0.397 e. The summed E-state index contributed by atoms with van der Waals surface area (Å²) < 4.78 is 12.7. The third-order valence-electron chi connectivity index (χ3n) is 4.73. The van der Waals surface area contributed by atoms with Gasteiger partial charge >= 0.3 is 7.12 Å². The zero-order valence-corrected chi connectivity index (χ0v) is 14.3. The van der Waals surface area contributed by atoms with Crippen LogP contribution < -0.4 is 5.46 Å². The van der Waals surface area contributed by atoms with Crippen LogP contribution in [0.5, 0.6) is 0 Å². The normalized spacial score (nSPS) is 20.0. The van der Waals surface area contributed by atoms with Gasteiger partial charge in [-0.2, -0.15) is 0 Å². The van der Waals surface area contributed by atoms with Crippen LogP contribution in [0.1, 0.15) is 35.8 Å². The first-order chi connectivity index (χ1) is 12.3. The Morgan fingerprint density at radius 2 is 1.16 bits per heavy atom. The van der Waals surface area contributed by atoms with Crippen molar-refractivity contribution < 1.29 is 9.31 Å². The first-order valence-corrected chi connectivity index (χ1v) is 8.85. The molecule has 4 rings (SSSR count). The maximum absolute atomic E-state index is 6.35. The minimum absolute atomic E-state index is 0.112. The lowest BCUT2D eigenvalue weighted by Gasteiger charge is -2.19. The lowest BCUT2D eigenvalue weighted by atomic mass is 9.79. The Kier molecular flexibility index (Phi) is 4.69. The van der Waals surface area contributed by atoms with E-state index in [0.29, 0.717) is 0 Å². The van der Waals surface area contributed by atoms with Crippen LogP contribution in [0.2, 0.25) is 0 Å². The largest absolute Gasteiger partial charge is 0.494 e. The summed E-state index contributed by atoms with van der Waals surface area (Å²) in [6, 6.07) is 29.2. The second-order valence-corrected chi connectivity index (χ2v) is 6.36. The van der Waals surface area contributed by atoms with Crippen molar-refractivity contribution in [1.82, 2.24) is 0 Å². The van der Waals surface area contributed by atoms with Crippen molar-refractivity contribution in [2.75, 3.05) is 0 Å². The van der Waals surface area contributed by atoms with E-state index in [4.69, 9.17) is 9.31 Å². The lowest BCUT2D eigenvalue weighted by molar-refractivity contribution is 0.159. The Morgan fingerprint density at radius 3 is 1.60 bits per heavy atom. The van der Waals surface area contributed by atoms with Gasteiger partial charge in [0.2, 0.25) is 0 Å². The van der Waals surface area contributed by atoms with Gasteiger partial charge in [-0.25, -0.2) is 0 Å². The quantitative estimate of drug-likeness (QED) is 0.658. The van der Waals surface area contributed by atoms with Crippen LogP contribution in [0.15, 0.2) is 84.9 Å². The van der Waals surface area contributed by atoms with E-state index in [-0.39, 0.29) is 19.3 Å². The second-order valence-electron chi connectivity index (χ2n) is 6.36. The standard InChI is InChI=1S/C22H21BO2/c1-2-17-13-15-20(16-14-17)23-24-21(18-9-5-3-6-10-18)22(25-23)19-11-7-4-8-12-19/h3-16,21-22H,2H2,1H3. The molecule has 1 saturated heterocycles. The molecule has 2 unspecified atom stereocenters. The van der Waals surface area contributed by atoms with E-state index < -0.39 is 0 Å². The summed E-state index contributed by atoms with van der Waals surface area (Å²) in [6.07, 6.45) is 0.810. The van der Waals surface area contributed by atoms with Crippen molar-refractivity contribution in [3.8, 4) is 0 Å². The van der Waals surface area contributed by atoms with E-state index in [1.165, 1.54) is 5.56 Å². The molecule has 2 atom stereocenters. The van der Waals surface area contributed by atoms with Gasteiger partial charge in [0, 0.05) is 0 Å². The van der Waals surface area contributed by atoms with Crippen molar-refractivity contribution in [1.29, 1.82) is 0 Å². The van der Waals surface area contributed by atoms with Crippen molar-refractivity contribution >= 4 is 12.6 Å². The second kappa shape index (κ2) is 7.26. The topological polar surface area (TPSA) is 18.5 Å². The molecule has 0 amide bonds. The van der Waals surface area contributed by atoms with E-state index in [9.17, 15) is 0 Å². The molecule has 3 aromatic carbocycles. The summed E-state index contributed by atoms with van der Waals surface area (Å²) in [6.45, 7) is 2.16. The summed E-state index contributed by atoms with van der Waals surface area (Å²) in [5.74, 6) is 0. The minimum atomic E-state index is -0.346. The van der Waals surface area contributed by atoms with Crippen LogP contribution in [-0.2, 0) is 15.7 Å². The van der Waals surface area contributed by atoms with Gasteiger partial charge in [-0.1, -0.05) is 91.9 Å². The van der Waals surface area contributed by atoms with Crippen LogP contribution in [0.3, 0.4) is 0 Å². The highest BCUT2D eigenvalue weighted by molar-refractivity contribution is 6.61. The molecule has 25 heavy (non-hydrogen) atoms. The van der Waals surface area contributed by atoms with E-state index >= 15 is 0 Å². The van der Waals surface area contributed by atoms with Crippen LogP contribution in [0, 0.1) is 0 Å². The summed E-state index contributed by atoms with van der Waals surface area (Å²) in [5.41, 5.74) is 4.67. The molecule has 2 nitrogen and oxygen atoms in total. The number of aryl methyl sites for hydroxylation is 1. The predicted octanol–water partition coefficient (Wildman–Crippen LogP) is 4.47. The Bertz CT molecular complexity index is 755. The number of hydrogen-bond acceptors (Lipinski definition) is 2. The number of benzene rings is 3. The zero-order valence-electron chi connectivity index (χ0n) is 14.3. The molecule has 0 spiro atoms. The molecule has 0 radical (unpaired) electrons. The fourth-order valence-electron chi connectivity index (χ4n) is 3.30. The molecule has 0 bridgehead atoms. The van der Waals surface area contributed by atoms with Crippen LogP contribution >= 0.6 is 0 Å². The molecule has 1 aliphatic rings. The predicted molar refractivity (Wildman–Crippen MR) is 102 cm³/mol. The molecule has 3 heteroatoms. The van der Waals surface area contributed by atoms with Gasteiger partial charge in [-0.05, 0) is 28.6 Å². The molecule has 1 aliphatic heterocycles. The van der Waals surface area contributed by atoms with Crippen LogP contribution in [0.25, 0.3) is 0 Å². The number of rotatable bonds is 4. The smallest absolute Gasteiger partial charge is 0.397 e. The van der Waals surface area contributed by atoms with Gasteiger partial charge in [0.25, 0.3) is 0 Å². The molecular weight excluding hydrogens is 307 g/mol. The lowest BCUT2D eigenvalue weighted by Crippen LogP contribution is -2.31. The first-order valence-electron chi connectivity index (χ1n) is 8.85. The van der Waals surface area contributed by atoms with E-state index in [1.54, 1.807) is 0 Å². The summed E-state index contributed by atoms with van der Waals surface area (Å²) in [7, 11) is -0.346. The van der Waals surface area contributed by atoms with Gasteiger partial charge in [-0.3, -0.25) is 0 Å². The average molecular weight is 328 g/mol. The first kappa shape index (κ1) is 16.1. The molecule has 0 aliphatic carbocycles. The maximum atomic E-state index is 6.35. The fraction of sp³-hybridized carbons (Fsp3) is 0.182. The Balaban J connectivity index is 1.66.